The van der Waals surface area contributed by atoms with Crippen LogP contribution in [0.25, 0.3) is 10.6 Å². The third-order valence-electron chi connectivity index (χ3n) is 4.51. The Labute approximate surface area is 145 Å². The van der Waals surface area contributed by atoms with Gasteiger partial charge in [0.1, 0.15) is 5.01 Å². The van der Waals surface area contributed by atoms with Gasteiger partial charge in [-0.2, -0.15) is 0 Å². The van der Waals surface area contributed by atoms with Crippen molar-refractivity contribution in [3.8, 4) is 10.6 Å². The fourth-order valence-corrected chi connectivity index (χ4v) is 3.80. The number of nitrogens with one attached hydrogen (secondary N) is 1. The van der Waals surface area contributed by atoms with Gasteiger partial charge in [-0.15, -0.1) is 11.3 Å². The van der Waals surface area contributed by atoms with Crippen LogP contribution < -0.4 is 5.32 Å². The number of hydrogen-bond donors (Lipinski definition) is 1. The molecule has 0 atom stereocenters. The van der Waals surface area contributed by atoms with E-state index >= 15 is 0 Å². The van der Waals surface area contributed by atoms with E-state index in [0.717, 1.165) is 34.7 Å². The molecule has 0 radical (unpaired) electrons. The van der Waals surface area contributed by atoms with E-state index in [1.807, 2.05) is 53.9 Å². The van der Waals surface area contributed by atoms with Crippen molar-refractivity contribution >= 4 is 17.2 Å². The van der Waals surface area contributed by atoms with Crippen molar-refractivity contribution < 1.29 is 4.79 Å². The zero-order valence-electron chi connectivity index (χ0n) is 13.2. The number of benzene rings is 2. The minimum Gasteiger partial charge on any atom is -0.350 e. The lowest BCUT2D eigenvalue weighted by atomic mass is 9.95. The normalized spacial score (nSPS) is 15.0. The monoisotopic (exact) mass is 334 g/mol. The highest BCUT2D eigenvalue weighted by Crippen LogP contribution is 2.48. The summed E-state index contributed by atoms with van der Waals surface area (Å²) in [6.45, 7) is 0.483. The summed E-state index contributed by atoms with van der Waals surface area (Å²) in [5, 5.41) is 6.08. The molecule has 0 spiro atoms. The standard InChI is InChI=1S/C20H18N2OS/c23-19(20(11-12-20)16-9-5-2-6-10-16)21-13-17-14-24-18(22-17)15-7-3-1-4-8-15/h1-10,14H,11-13H2,(H,21,23). The number of carbonyl (C=O) groups is 1. The zero-order valence-corrected chi connectivity index (χ0v) is 14.1. The van der Waals surface area contributed by atoms with Crippen molar-refractivity contribution in [3.05, 3.63) is 77.3 Å². The first-order valence-corrected chi connectivity index (χ1v) is 9.00. The third kappa shape index (κ3) is 2.85. The predicted octanol–water partition coefficient (Wildman–Crippen LogP) is 4.16. The molecule has 4 heteroatoms. The quantitative estimate of drug-likeness (QED) is 0.761. The Morgan fingerprint density at radius 3 is 2.38 bits per heavy atom. The maximum Gasteiger partial charge on any atom is 0.230 e. The SMILES string of the molecule is O=C(NCc1csc(-c2ccccc2)n1)C1(c2ccccc2)CC1. The number of carbonyl (C=O) groups excluding carboxylic acids is 1. The summed E-state index contributed by atoms with van der Waals surface area (Å²) in [5.41, 5.74) is 2.82. The zero-order chi connectivity index (χ0) is 16.4. The molecule has 1 N–H and O–H groups in total. The van der Waals surface area contributed by atoms with Crippen LogP contribution in [0.5, 0.6) is 0 Å². The molecule has 24 heavy (non-hydrogen) atoms. The van der Waals surface area contributed by atoms with Crippen LogP contribution in [0.15, 0.2) is 66.0 Å². The van der Waals surface area contributed by atoms with Crippen molar-refractivity contribution in [2.75, 3.05) is 0 Å². The molecule has 1 amide bonds. The van der Waals surface area contributed by atoms with Gasteiger partial charge >= 0.3 is 0 Å². The van der Waals surface area contributed by atoms with Gasteiger partial charge in [-0.25, -0.2) is 4.98 Å². The highest BCUT2D eigenvalue weighted by molar-refractivity contribution is 7.13. The Bertz CT molecular complexity index is 838. The fourth-order valence-electron chi connectivity index (χ4n) is 2.97. The molecule has 0 aliphatic heterocycles. The lowest BCUT2D eigenvalue weighted by Gasteiger charge is -2.15. The molecule has 2 aromatic carbocycles. The minimum atomic E-state index is -0.320. The number of aromatic nitrogens is 1. The number of nitrogens with zero attached hydrogens (tertiary/aromatic N) is 1. The summed E-state index contributed by atoms with van der Waals surface area (Å²) in [5.74, 6) is 0.114. The molecule has 1 aromatic heterocycles. The van der Waals surface area contributed by atoms with Crippen LogP contribution in [0, 0.1) is 0 Å². The van der Waals surface area contributed by atoms with E-state index in [1.165, 1.54) is 0 Å². The van der Waals surface area contributed by atoms with Crippen LogP contribution in [0.1, 0.15) is 24.1 Å². The fraction of sp³-hybridized carbons (Fsp3) is 0.200. The Morgan fingerprint density at radius 2 is 1.71 bits per heavy atom. The Hall–Kier alpha value is -2.46. The largest absolute Gasteiger partial charge is 0.350 e. The van der Waals surface area contributed by atoms with Crippen molar-refractivity contribution in [1.82, 2.24) is 10.3 Å². The van der Waals surface area contributed by atoms with Gasteiger partial charge in [0, 0.05) is 10.9 Å². The molecular weight excluding hydrogens is 316 g/mol. The first-order chi connectivity index (χ1) is 11.8. The predicted molar refractivity (Wildman–Crippen MR) is 96.8 cm³/mol. The van der Waals surface area contributed by atoms with Gasteiger partial charge in [0.25, 0.3) is 0 Å². The van der Waals surface area contributed by atoms with Gasteiger partial charge in [0.2, 0.25) is 5.91 Å². The summed E-state index contributed by atoms with van der Waals surface area (Å²) in [6.07, 6.45) is 1.85. The number of amides is 1. The lowest BCUT2D eigenvalue weighted by molar-refractivity contribution is -0.123. The highest BCUT2D eigenvalue weighted by Gasteiger charge is 2.50. The van der Waals surface area contributed by atoms with Gasteiger partial charge in [0.05, 0.1) is 17.7 Å². The van der Waals surface area contributed by atoms with Crippen LogP contribution in [0.4, 0.5) is 0 Å². The molecule has 3 aromatic rings. The molecule has 0 bridgehead atoms. The summed E-state index contributed by atoms with van der Waals surface area (Å²) < 4.78 is 0. The summed E-state index contributed by atoms with van der Waals surface area (Å²) in [4.78, 5) is 17.3. The van der Waals surface area contributed by atoms with Crippen LogP contribution in [-0.2, 0) is 16.8 Å². The van der Waals surface area contributed by atoms with E-state index in [-0.39, 0.29) is 11.3 Å². The Balaban J connectivity index is 1.43. The third-order valence-corrected chi connectivity index (χ3v) is 5.45. The highest BCUT2D eigenvalue weighted by atomic mass is 32.1. The van der Waals surface area contributed by atoms with E-state index in [9.17, 15) is 4.79 Å². The Morgan fingerprint density at radius 1 is 1.04 bits per heavy atom. The van der Waals surface area contributed by atoms with Gasteiger partial charge in [-0.05, 0) is 18.4 Å². The Kier molecular flexibility index (Phi) is 3.90. The van der Waals surface area contributed by atoms with Gasteiger partial charge in [0.15, 0.2) is 0 Å². The van der Waals surface area contributed by atoms with Gasteiger partial charge < -0.3 is 5.32 Å². The summed E-state index contributed by atoms with van der Waals surface area (Å²) >= 11 is 1.61. The minimum absolute atomic E-state index is 0.114. The first-order valence-electron chi connectivity index (χ1n) is 8.12. The average Bonchev–Trinajstić information content (AvgIpc) is 3.33. The first kappa shape index (κ1) is 15.1. The summed E-state index contributed by atoms with van der Waals surface area (Å²) in [7, 11) is 0. The molecule has 1 saturated carbocycles. The van der Waals surface area contributed by atoms with E-state index in [1.54, 1.807) is 11.3 Å². The summed E-state index contributed by atoms with van der Waals surface area (Å²) in [6, 6.07) is 20.2. The van der Waals surface area contributed by atoms with E-state index in [4.69, 9.17) is 0 Å². The van der Waals surface area contributed by atoms with E-state index in [0.29, 0.717) is 6.54 Å². The second-order valence-corrected chi connectivity index (χ2v) is 7.00. The second-order valence-electron chi connectivity index (χ2n) is 6.14. The molecule has 1 heterocycles. The van der Waals surface area contributed by atoms with Crippen LogP contribution in [0.2, 0.25) is 0 Å². The van der Waals surface area contributed by atoms with Crippen molar-refractivity contribution in [3.63, 3.8) is 0 Å². The molecular formula is C20H18N2OS. The molecule has 3 nitrogen and oxygen atoms in total. The second kappa shape index (κ2) is 6.21. The maximum atomic E-state index is 12.6. The smallest absolute Gasteiger partial charge is 0.230 e. The van der Waals surface area contributed by atoms with Gasteiger partial charge in [-0.1, -0.05) is 60.7 Å². The van der Waals surface area contributed by atoms with E-state index in [2.05, 4.69) is 22.4 Å². The number of rotatable bonds is 5. The molecule has 0 unspecified atom stereocenters. The van der Waals surface area contributed by atoms with Gasteiger partial charge in [-0.3, -0.25) is 4.79 Å². The molecule has 120 valence electrons. The van der Waals surface area contributed by atoms with Crippen LogP contribution >= 0.6 is 11.3 Å². The maximum absolute atomic E-state index is 12.6. The molecule has 1 aliphatic carbocycles. The van der Waals surface area contributed by atoms with Crippen molar-refractivity contribution in [2.24, 2.45) is 0 Å². The van der Waals surface area contributed by atoms with E-state index < -0.39 is 0 Å². The van der Waals surface area contributed by atoms with Crippen molar-refractivity contribution in [2.45, 2.75) is 24.8 Å². The molecule has 0 saturated heterocycles. The van der Waals surface area contributed by atoms with Crippen molar-refractivity contribution in [1.29, 1.82) is 0 Å². The number of thiazole rings is 1. The topological polar surface area (TPSA) is 42.0 Å². The van der Waals surface area contributed by atoms with Crippen LogP contribution in [0.3, 0.4) is 0 Å². The average molecular weight is 334 g/mol. The number of hydrogen-bond acceptors (Lipinski definition) is 3. The molecule has 4 rings (SSSR count). The lowest BCUT2D eigenvalue weighted by Crippen LogP contribution is -2.34. The molecule has 1 fully saturated rings. The van der Waals surface area contributed by atoms with Crippen LogP contribution in [-0.4, -0.2) is 10.9 Å². The molecule has 1 aliphatic rings.